The average molecular weight is 553 g/mol. The molecule has 210 valence electrons. The molecule has 0 aliphatic rings. The first-order chi connectivity index (χ1) is 19.3. The van der Waals surface area contributed by atoms with Crippen molar-refractivity contribution in [2.45, 2.75) is 19.1 Å². The van der Waals surface area contributed by atoms with E-state index in [4.69, 9.17) is 18.9 Å². The first kappa shape index (κ1) is 28.6. The van der Waals surface area contributed by atoms with Crippen LogP contribution < -0.4 is 29.6 Å². The third-order valence-electron chi connectivity index (χ3n) is 6.22. The van der Waals surface area contributed by atoms with Crippen molar-refractivity contribution in [2.24, 2.45) is 0 Å². The molecule has 0 spiro atoms. The van der Waals surface area contributed by atoms with Gasteiger partial charge < -0.3 is 29.6 Å². The fourth-order valence-corrected chi connectivity index (χ4v) is 4.08. The van der Waals surface area contributed by atoms with Crippen LogP contribution in [0.15, 0.2) is 84.9 Å². The highest BCUT2D eigenvalue weighted by atomic mass is 19.4. The van der Waals surface area contributed by atoms with Crippen molar-refractivity contribution < 1.29 is 32.1 Å². The molecule has 9 heteroatoms. The summed E-state index contributed by atoms with van der Waals surface area (Å²) in [6.07, 6.45) is -3.76. The van der Waals surface area contributed by atoms with Gasteiger partial charge in [0.2, 0.25) is 0 Å². The molecular formula is C31H31F3N2O4. The number of hydrogen-bond donors (Lipinski definition) is 2. The van der Waals surface area contributed by atoms with E-state index in [0.717, 1.165) is 40.4 Å². The van der Waals surface area contributed by atoms with Gasteiger partial charge in [0.25, 0.3) is 0 Å². The SMILES string of the molecule is COc1ccc(Nc2ccc(Oc3cc(OC)c(CNCCc4ccc(C(F)(F)F)cc4)c(OC)c3)cc2)cc1. The van der Waals surface area contributed by atoms with Crippen LogP contribution >= 0.6 is 0 Å². The van der Waals surface area contributed by atoms with Crippen LogP contribution in [0, 0.1) is 0 Å². The maximum Gasteiger partial charge on any atom is 0.416 e. The van der Waals surface area contributed by atoms with Crippen molar-refractivity contribution in [3.05, 3.63) is 102 Å². The topological polar surface area (TPSA) is 61.0 Å². The number of ether oxygens (including phenoxy) is 4. The molecule has 0 saturated carbocycles. The van der Waals surface area contributed by atoms with Crippen molar-refractivity contribution in [1.29, 1.82) is 0 Å². The van der Waals surface area contributed by atoms with E-state index in [1.807, 2.05) is 48.5 Å². The maximum atomic E-state index is 12.8. The van der Waals surface area contributed by atoms with Crippen molar-refractivity contribution in [1.82, 2.24) is 5.32 Å². The summed E-state index contributed by atoms with van der Waals surface area (Å²) < 4.78 is 60.8. The molecule has 0 amide bonds. The van der Waals surface area contributed by atoms with Gasteiger partial charge in [-0.3, -0.25) is 0 Å². The number of halogens is 3. The van der Waals surface area contributed by atoms with Crippen molar-refractivity contribution in [2.75, 3.05) is 33.2 Å². The summed E-state index contributed by atoms with van der Waals surface area (Å²) in [6, 6.07) is 24.0. The van der Waals surface area contributed by atoms with Gasteiger partial charge >= 0.3 is 6.18 Å². The van der Waals surface area contributed by atoms with Gasteiger partial charge in [0.15, 0.2) is 0 Å². The zero-order chi connectivity index (χ0) is 28.5. The Morgan fingerprint density at radius 1 is 0.650 bits per heavy atom. The Morgan fingerprint density at radius 3 is 1.70 bits per heavy atom. The summed E-state index contributed by atoms with van der Waals surface area (Å²) in [5.74, 6) is 3.17. The summed E-state index contributed by atoms with van der Waals surface area (Å²) in [5, 5.41) is 6.64. The standard InChI is InChI=1S/C31H31F3N2O4/c1-37-25-12-8-23(9-13-25)36-24-10-14-26(15-11-24)40-27-18-29(38-2)28(30(19-27)39-3)20-35-17-16-21-4-6-22(7-5-21)31(32,33)34/h4-15,18-19,35-36H,16-17,20H2,1-3H3. The molecule has 0 atom stereocenters. The van der Waals surface area contributed by atoms with E-state index >= 15 is 0 Å². The normalized spacial score (nSPS) is 11.2. The molecular weight excluding hydrogens is 521 g/mol. The van der Waals surface area contributed by atoms with Gasteiger partial charge in [-0.05, 0) is 79.2 Å². The zero-order valence-electron chi connectivity index (χ0n) is 22.5. The number of alkyl halides is 3. The largest absolute Gasteiger partial charge is 0.497 e. The molecule has 4 aromatic carbocycles. The fraction of sp³-hybridized carbons (Fsp3) is 0.226. The van der Waals surface area contributed by atoms with Crippen molar-refractivity contribution >= 4 is 11.4 Å². The molecule has 0 aliphatic carbocycles. The summed E-state index contributed by atoms with van der Waals surface area (Å²) >= 11 is 0. The van der Waals surface area contributed by atoms with Crippen LogP contribution in [-0.4, -0.2) is 27.9 Å². The Labute approximate surface area is 231 Å². The Morgan fingerprint density at radius 2 is 1.20 bits per heavy atom. The number of benzene rings is 4. The Hall–Kier alpha value is -4.37. The summed E-state index contributed by atoms with van der Waals surface area (Å²) in [4.78, 5) is 0. The van der Waals surface area contributed by atoms with Gasteiger partial charge in [0.1, 0.15) is 28.7 Å². The van der Waals surface area contributed by atoms with Gasteiger partial charge in [-0.25, -0.2) is 0 Å². The lowest BCUT2D eigenvalue weighted by Crippen LogP contribution is -2.18. The number of nitrogens with one attached hydrogen (secondary N) is 2. The van der Waals surface area contributed by atoms with Crippen LogP contribution in [0.3, 0.4) is 0 Å². The lowest BCUT2D eigenvalue weighted by molar-refractivity contribution is -0.137. The smallest absolute Gasteiger partial charge is 0.416 e. The highest BCUT2D eigenvalue weighted by Crippen LogP contribution is 2.36. The predicted molar refractivity (Wildman–Crippen MR) is 149 cm³/mol. The molecule has 0 fully saturated rings. The highest BCUT2D eigenvalue weighted by molar-refractivity contribution is 5.61. The molecule has 0 aromatic heterocycles. The Bertz CT molecular complexity index is 1350. The monoisotopic (exact) mass is 552 g/mol. The molecule has 4 rings (SSSR count). The quantitative estimate of drug-likeness (QED) is 0.177. The molecule has 0 aliphatic heterocycles. The first-order valence-electron chi connectivity index (χ1n) is 12.6. The molecule has 4 aromatic rings. The minimum atomic E-state index is -4.34. The molecule has 0 bridgehead atoms. The zero-order valence-corrected chi connectivity index (χ0v) is 22.5. The van der Waals surface area contributed by atoms with Crippen LogP contribution in [0.5, 0.6) is 28.7 Å². The molecule has 0 radical (unpaired) electrons. The van der Waals surface area contributed by atoms with E-state index in [9.17, 15) is 13.2 Å². The molecule has 0 unspecified atom stereocenters. The number of anilines is 2. The summed E-state index contributed by atoms with van der Waals surface area (Å²) in [7, 11) is 4.78. The van der Waals surface area contributed by atoms with Crippen molar-refractivity contribution in [3.8, 4) is 28.7 Å². The summed E-state index contributed by atoms with van der Waals surface area (Å²) in [6.45, 7) is 1.01. The second-order valence-electron chi connectivity index (χ2n) is 8.91. The van der Waals surface area contributed by atoms with E-state index in [0.29, 0.717) is 42.5 Å². The summed E-state index contributed by atoms with van der Waals surface area (Å²) in [5.41, 5.74) is 2.82. The first-order valence-corrected chi connectivity index (χ1v) is 12.6. The molecule has 0 saturated heterocycles. The van der Waals surface area contributed by atoms with Crippen LogP contribution in [0.4, 0.5) is 24.5 Å². The van der Waals surface area contributed by atoms with Gasteiger partial charge in [0.05, 0.1) is 32.5 Å². The Kier molecular flexibility index (Phi) is 9.39. The van der Waals surface area contributed by atoms with Crippen LogP contribution in [0.25, 0.3) is 0 Å². The lowest BCUT2D eigenvalue weighted by atomic mass is 10.1. The third kappa shape index (κ3) is 7.60. The van der Waals surface area contributed by atoms with Crippen molar-refractivity contribution in [3.63, 3.8) is 0 Å². The molecule has 40 heavy (non-hydrogen) atoms. The molecule has 0 heterocycles. The van der Waals surface area contributed by atoms with Crippen LogP contribution in [-0.2, 0) is 19.1 Å². The average Bonchev–Trinajstić information content (AvgIpc) is 2.96. The van der Waals surface area contributed by atoms with Crippen LogP contribution in [0.2, 0.25) is 0 Å². The highest BCUT2D eigenvalue weighted by Gasteiger charge is 2.29. The minimum absolute atomic E-state index is 0.443. The van der Waals surface area contributed by atoms with E-state index in [1.165, 1.54) is 12.1 Å². The second-order valence-corrected chi connectivity index (χ2v) is 8.91. The fourth-order valence-electron chi connectivity index (χ4n) is 4.08. The number of rotatable bonds is 12. The predicted octanol–water partition coefficient (Wildman–Crippen LogP) is 7.60. The Balaban J connectivity index is 1.36. The van der Waals surface area contributed by atoms with E-state index in [-0.39, 0.29) is 0 Å². The number of methoxy groups -OCH3 is 3. The van der Waals surface area contributed by atoms with E-state index < -0.39 is 11.7 Å². The van der Waals surface area contributed by atoms with E-state index in [1.54, 1.807) is 33.5 Å². The maximum absolute atomic E-state index is 12.8. The van der Waals surface area contributed by atoms with E-state index in [2.05, 4.69) is 10.6 Å². The van der Waals surface area contributed by atoms with Gasteiger partial charge in [-0.2, -0.15) is 13.2 Å². The minimum Gasteiger partial charge on any atom is -0.497 e. The second kappa shape index (κ2) is 13.1. The number of hydrogen-bond acceptors (Lipinski definition) is 6. The third-order valence-corrected chi connectivity index (χ3v) is 6.22. The molecule has 2 N–H and O–H groups in total. The van der Waals surface area contributed by atoms with Crippen LogP contribution in [0.1, 0.15) is 16.7 Å². The van der Waals surface area contributed by atoms with Gasteiger partial charge in [0, 0.05) is 30.1 Å². The van der Waals surface area contributed by atoms with Gasteiger partial charge in [-0.15, -0.1) is 0 Å². The molecule has 6 nitrogen and oxygen atoms in total. The lowest BCUT2D eigenvalue weighted by Gasteiger charge is -2.17. The van der Waals surface area contributed by atoms with Gasteiger partial charge in [-0.1, -0.05) is 12.1 Å².